The van der Waals surface area contributed by atoms with Gasteiger partial charge in [-0.3, -0.25) is 14.4 Å². The summed E-state index contributed by atoms with van der Waals surface area (Å²) in [6.07, 6.45) is -0.0139. The first-order chi connectivity index (χ1) is 29.9. The fraction of sp³-hybridized carbons (Fsp3) is 0.209. The first-order valence-corrected chi connectivity index (χ1v) is 22.1. The maximum Gasteiger partial charge on any atom is 0.296 e. The van der Waals surface area contributed by atoms with E-state index in [9.17, 15) is 31.0 Å². The summed E-state index contributed by atoms with van der Waals surface area (Å²) in [5, 5.41) is 49.9. The van der Waals surface area contributed by atoms with Gasteiger partial charge in [0.1, 0.15) is 34.4 Å². The zero-order chi connectivity index (χ0) is 45.5. The number of hydrogen-bond acceptors (Lipinski definition) is 16. The molecule has 5 N–H and O–H groups in total. The number of nitrogens with zero attached hydrogens (tertiary/aromatic N) is 6. The Hall–Kier alpha value is -6.68. The van der Waals surface area contributed by atoms with Crippen molar-refractivity contribution in [3.8, 4) is 17.2 Å². The molecule has 328 valence electrons. The second kappa shape index (κ2) is 19.6. The van der Waals surface area contributed by atoms with Crippen LogP contribution in [-0.4, -0.2) is 55.8 Å². The molecular formula is C43H43N7O11S2. The van der Waals surface area contributed by atoms with Crippen LogP contribution in [-0.2, 0) is 31.7 Å². The highest BCUT2D eigenvalue weighted by Crippen LogP contribution is 2.43. The molecule has 6 rings (SSSR count). The van der Waals surface area contributed by atoms with E-state index in [1.165, 1.54) is 6.07 Å². The van der Waals surface area contributed by atoms with E-state index >= 15 is 0 Å². The average molecular weight is 898 g/mol. The van der Waals surface area contributed by atoms with Crippen molar-refractivity contribution in [2.75, 3.05) is 24.8 Å². The summed E-state index contributed by atoms with van der Waals surface area (Å²) in [6.45, 7) is 6.99. The Kier molecular flexibility index (Phi) is 14.2. The molecule has 0 aromatic heterocycles. The van der Waals surface area contributed by atoms with Gasteiger partial charge < -0.3 is 19.9 Å². The van der Waals surface area contributed by atoms with Crippen molar-refractivity contribution < 1.29 is 50.7 Å². The minimum Gasteiger partial charge on any atom is -0.505 e. The molecule has 0 aliphatic rings. The summed E-state index contributed by atoms with van der Waals surface area (Å²) in [4.78, 5) is 3.61. The summed E-state index contributed by atoms with van der Waals surface area (Å²) in [5.41, 5.74) is 6.18. The Balaban J connectivity index is 1.28. The molecule has 0 fully saturated rings. The SMILES string of the molecule is COc1ccc(Nc2ccc3c(O)c(N=Nc4cc(C)c(N=Nc5cc(C)c(N=Nc6cc(C)cc(COO)c6)cc5OCCCS(=O)(=O)O)cc4C)c(S(=O)(=O)O)cc3c2)cc1. The topological polar surface area (TPSA) is 263 Å². The molecule has 0 aliphatic carbocycles. The van der Waals surface area contributed by atoms with E-state index in [4.69, 9.17) is 14.7 Å². The van der Waals surface area contributed by atoms with Gasteiger partial charge in [0.15, 0.2) is 5.75 Å². The number of ether oxygens (including phenoxy) is 2. The smallest absolute Gasteiger partial charge is 0.296 e. The van der Waals surface area contributed by atoms with Gasteiger partial charge in [-0.05, 0) is 146 Å². The molecule has 0 unspecified atom stereocenters. The summed E-state index contributed by atoms with van der Waals surface area (Å²) in [6, 6.07) is 25.2. The highest BCUT2D eigenvalue weighted by molar-refractivity contribution is 7.86. The Morgan fingerprint density at radius 1 is 0.667 bits per heavy atom. The fourth-order valence-electron chi connectivity index (χ4n) is 6.33. The summed E-state index contributed by atoms with van der Waals surface area (Å²) in [7, 11) is -7.54. The number of nitrogens with one attached hydrogen (secondary N) is 1. The molecule has 6 aromatic carbocycles. The third kappa shape index (κ3) is 12.0. The summed E-state index contributed by atoms with van der Waals surface area (Å²) in [5.74, 6) is -0.135. The molecule has 6 aromatic rings. The largest absolute Gasteiger partial charge is 0.505 e. The van der Waals surface area contributed by atoms with Crippen molar-refractivity contribution in [3.05, 3.63) is 119 Å². The number of aromatic hydroxyl groups is 1. The second-order valence-corrected chi connectivity index (χ2v) is 17.4. The van der Waals surface area contributed by atoms with Crippen LogP contribution in [0, 0.1) is 27.7 Å². The van der Waals surface area contributed by atoms with Gasteiger partial charge >= 0.3 is 0 Å². The van der Waals surface area contributed by atoms with Crippen LogP contribution >= 0.6 is 0 Å². The van der Waals surface area contributed by atoms with Crippen LogP contribution in [0.2, 0.25) is 0 Å². The predicted molar refractivity (Wildman–Crippen MR) is 236 cm³/mol. The molecule has 0 atom stereocenters. The monoisotopic (exact) mass is 897 g/mol. The van der Waals surface area contributed by atoms with Crippen molar-refractivity contribution in [3.63, 3.8) is 0 Å². The molecule has 0 saturated heterocycles. The number of phenols is 1. The van der Waals surface area contributed by atoms with Crippen molar-refractivity contribution in [1.29, 1.82) is 0 Å². The third-order valence-electron chi connectivity index (χ3n) is 9.45. The number of azo groups is 3. The third-order valence-corrected chi connectivity index (χ3v) is 11.1. The van der Waals surface area contributed by atoms with E-state index in [0.29, 0.717) is 61.8 Å². The maximum absolute atomic E-state index is 12.6. The van der Waals surface area contributed by atoms with Crippen LogP contribution in [0.3, 0.4) is 0 Å². The molecule has 0 heterocycles. The van der Waals surface area contributed by atoms with E-state index in [1.807, 2.05) is 13.0 Å². The number of anilines is 2. The first-order valence-electron chi connectivity index (χ1n) is 19.0. The number of rotatable bonds is 17. The van der Waals surface area contributed by atoms with E-state index in [-0.39, 0.29) is 36.5 Å². The lowest BCUT2D eigenvalue weighted by molar-refractivity contribution is -0.253. The van der Waals surface area contributed by atoms with E-state index in [2.05, 4.69) is 40.9 Å². The van der Waals surface area contributed by atoms with Crippen LogP contribution in [0.1, 0.15) is 34.2 Å². The van der Waals surface area contributed by atoms with Gasteiger partial charge in [0, 0.05) is 22.8 Å². The van der Waals surface area contributed by atoms with Gasteiger partial charge in [0.05, 0.1) is 42.2 Å². The van der Waals surface area contributed by atoms with Crippen LogP contribution in [0.15, 0.2) is 127 Å². The Labute approximate surface area is 363 Å². The lowest BCUT2D eigenvalue weighted by Gasteiger charge is -2.12. The van der Waals surface area contributed by atoms with Gasteiger partial charge in [-0.1, -0.05) is 6.07 Å². The zero-order valence-electron chi connectivity index (χ0n) is 34.6. The fourth-order valence-corrected chi connectivity index (χ4v) is 7.47. The van der Waals surface area contributed by atoms with Crippen LogP contribution < -0.4 is 14.8 Å². The quantitative estimate of drug-likeness (QED) is 0.0188. The molecule has 0 aliphatic heterocycles. The normalized spacial score (nSPS) is 12.3. The Morgan fingerprint density at radius 2 is 1.27 bits per heavy atom. The van der Waals surface area contributed by atoms with Gasteiger partial charge in [-0.15, -0.1) is 10.2 Å². The number of aryl methyl sites for hydroxylation is 4. The summed E-state index contributed by atoms with van der Waals surface area (Å²) < 4.78 is 78.3. The molecule has 0 spiro atoms. The highest BCUT2D eigenvalue weighted by atomic mass is 32.2. The molecule has 0 bridgehead atoms. The number of fused-ring (bicyclic) bond motifs is 1. The average Bonchev–Trinajstić information content (AvgIpc) is 3.22. The van der Waals surface area contributed by atoms with Crippen molar-refractivity contribution in [1.82, 2.24) is 0 Å². The van der Waals surface area contributed by atoms with Gasteiger partial charge in [-0.2, -0.15) is 37.3 Å². The van der Waals surface area contributed by atoms with Crippen LogP contribution in [0.25, 0.3) is 10.8 Å². The maximum atomic E-state index is 12.6. The molecular weight excluding hydrogens is 855 g/mol. The van der Waals surface area contributed by atoms with Crippen LogP contribution in [0.5, 0.6) is 17.2 Å². The molecule has 18 nitrogen and oxygen atoms in total. The van der Waals surface area contributed by atoms with Gasteiger partial charge in [0.25, 0.3) is 20.2 Å². The minimum atomic E-state index is -4.88. The Morgan fingerprint density at radius 3 is 1.90 bits per heavy atom. The van der Waals surface area contributed by atoms with Crippen molar-refractivity contribution in [2.45, 2.75) is 45.6 Å². The molecule has 0 saturated carbocycles. The van der Waals surface area contributed by atoms with E-state index in [1.54, 1.807) is 107 Å². The lowest BCUT2D eigenvalue weighted by Crippen LogP contribution is -2.08. The first kappa shape index (κ1) is 45.8. The lowest BCUT2D eigenvalue weighted by atomic mass is 10.1. The van der Waals surface area contributed by atoms with E-state index < -0.39 is 42.3 Å². The second-order valence-electron chi connectivity index (χ2n) is 14.4. The number of methoxy groups -OCH3 is 1. The predicted octanol–water partition coefficient (Wildman–Crippen LogP) is 11.7. The molecule has 0 radical (unpaired) electrons. The van der Waals surface area contributed by atoms with Crippen molar-refractivity contribution >= 4 is 76.5 Å². The number of hydrogen-bond donors (Lipinski definition) is 5. The number of benzene rings is 6. The van der Waals surface area contributed by atoms with Crippen LogP contribution in [0.4, 0.5) is 45.5 Å². The van der Waals surface area contributed by atoms with E-state index in [0.717, 1.165) is 11.3 Å². The highest BCUT2D eigenvalue weighted by Gasteiger charge is 2.23. The number of phenolic OH excluding ortho intramolecular Hbond substituents is 1. The molecule has 63 heavy (non-hydrogen) atoms. The Bertz CT molecular complexity index is 3000. The standard InChI is InChI=1S/C43H43N7O11S2/c1-25-15-29(24-61-52)20-33(16-25)45-46-38-23-40(60-13-6-14-62(53,54)55)39(19-28(38)4)49-47-36-17-27(3)37(18-26(36)2)48-50-42-41(63(56,57)58)22-30-21-32(9-12-35(30)43(42)51)44-31-7-10-34(59-5)11-8-31/h7-12,15-23,44,51-52H,6,13-14,24H2,1-5H3,(H,53,54,55)(H,56,57,58). The van der Waals surface area contributed by atoms with Gasteiger partial charge in [-0.25, -0.2) is 4.89 Å². The van der Waals surface area contributed by atoms with Gasteiger partial charge in [0.2, 0.25) is 0 Å². The zero-order valence-corrected chi connectivity index (χ0v) is 36.3. The van der Waals surface area contributed by atoms with Crippen molar-refractivity contribution in [2.24, 2.45) is 30.7 Å². The molecule has 0 amide bonds. The molecule has 20 heteroatoms. The summed E-state index contributed by atoms with van der Waals surface area (Å²) >= 11 is 0. The minimum absolute atomic E-state index is 0.0139.